The normalized spacial score (nSPS) is 12.2. The van der Waals surface area contributed by atoms with E-state index in [0.717, 1.165) is 4.48 Å². The van der Waals surface area contributed by atoms with E-state index < -0.39 is 16.5 Å². The summed E-state index contributed by atoms with van der Waals surface area (Å²) >= 11 is 0. The van der Waals surface area contributed by atoms with Gasteiger partial charge in [0.25, 0.3) is 0 Å². The van der Waals surface area contributed by atoms with E-state index in [1.165, 1.54) is 71.8 Å². The minimum atomic E-state index is -4.47. The van der Waals surface area contributed by atoms with Gasteiger partial charge in [-0.15, -0.1) is 0 Å². The van der Waals surface area contributed by atoms with Gasteiger partial charge in [-0.2, -0.15) is 0 Å². The fraction of sp³-hybridized carbons (Fsp3) is 1.00. The number of hydrogen-bond donors (Lipinski definition) is 0. The molecule has 5 nitrogen and oxygen atoms in total. The van der Waals surface area contributed by atoms with E-state index in [4.69, 9.17) is 0 Å². The minimum Gasteiger partial charge on any atom is -0.726 e. The van der Waals surface area contributed by atoms with Gasteiger partial charge < -0.3 is 9.04 Å². The first kappa shape index (κ1) is 24.1. The number of nitrogens with zero attached hydrogens (tertiary/aromatic N) is 1. The van der Waals surface area contributed by atoms with Crippen molar-refractivity contribution in [3.05, 3.63) is 0 Å². The monoisotopic (exact) mass is 339 g/mol. The third kappa shape index (κ3) is 28.1. The summed E-state index contributed by atoms with van der Waals surface area (Å²) in [4.78, 5) is 0. The van der Waals surface area contributed by atoms with E-state index >= 15 is 0 Å². The molecule has 0 aliphatic rings. The van der Waals surface area contributed by atoms with Crippen molar-refractivity contribution in [1.29, 1.82) is 0 Å². The molecule has 0 spiro atoms. The van der Waals surface area contributed by atoms with Crippen LogP contribution in [-0.4, -0.2) is 51.2 Å². The van der Waals surface area contributed by atoms with Crippen LogP contribution in [0.3, 0.4) is 0 Å². The molecule has 0 aliphatic heterocycles. The third-order valence-electron chi connectivity index (χ3n) is 2.99. The standard InChI is InChI=1S/C13H30N.C3H8O4S/c1-5-6-7-8-9-10-11-12-13-14(2,3)4;1-3(2)7-8(4,5)6/h5-13H2,1-4H3;3H,1-2H3,(H,4,5,6)/q+1;/p-1. The molecule has 0 saturated carbocycles. The van der Waals surface area contributed by atoms with Gasteiger partial charge in [0.15, 0.2) is 0 Å². The quantitative estimate of drug-likeness (QED) is 0.249. The second-order valence-electron chi connectivity index (χ2n) is 7.04. The lowest BCUT2D eigenvalue weighted by molar-refractivity contribution is -0.870. The number of hydrogen-bond acceptors (Lipinski definition) is 4. The molecule has 0 N–H and O–H groups in total. The first-order valence-corrected chi connectivity index (χ1v) is 9.76. The average molecular weight is 340 g/mol. The Morgan fingerprint density at radius 2 is 1.32 bits per heavy atom. The molecule has 0 aromatic rings. The van der Waals surface area contributed by atoms with Crippen molar-refractivity contribution in [2.75, 3.05) is 27.7 Å². The van der Waals surface area contributed by atoms with E-state index in [9.17, 15) is 13.0 Å². The van der Waals surface area contributed by atoms with Crippen molar-refractivity contribution in [3.8, 4) is 0 Å². The van der Waals surface area contributed by atoms with Crippen LogP contribution in [0.25, 0.3) is 0 Å². The van der Waals surface area contributed by atoms with E-state index in [0.29, 0.717) is 0 Å². The summed E-state index contributed by atoms with van der Waals surface area (Å²) in [5, 5.41) is 0. The molecule has 0 radical (unpaired) electrons. The minimum absolute atomic E-state index is 0.558. The molecule has 0 bridgehead atoms. The molecule has 0 aromatic heterocycles. The van der Waals surface area contributed by atoms with Gasteiger partial charge in [0, 0.05) is 0 Å². The first-order valence-electron chi connectivity index (χ1n) is 8.42. The SMILES string of the molecule is CC(C)OS(=O)(=O)[O-].CCCCCCCCCC[N+](C)(C)C. The Bertz CT molecular complexity index is 335. The highest BCUT2D eigenvalue weighted by atomic mass is 32.3. The van der Waals surface area contributed by atoms with Gasteiger partial charge in [0.2, 0.25) is 10.4 Å². The smallest absolute Gasteiger partial charge is 0.217 e. The van der Waals surface area contributed by atoms with Crippen LogP contribution < -0.4 is 0 Å². The van der Waals surface area contributed by atoms with Gasteiger partial charge in [-0.25, -0.2) is 8.42 Å². The molecule has 0 rings (SSSR count). The molecule has 0 heterocycles. The molecular weight excluding hydrogens is 302 g/mol. The molecule has 0 aromatic carbocycles. The van der Waals surface area contributed by atoms with Crippen LogP contribution in [-0.2, 0) is 14.6 Å². The summed E-state index contributed by atoms with van der Waals surface area (Å²) < 4.78 is 34.0. The number of unbranched alkanes of at least 4 members (excludes halogenated alkanes) is 7. The van der Waals surface area contributed by atoms with Gasteiger partial charge in [0.1, 0.15) is 0 Å². The van der Waals surface area contributed by atoms with Crippen molar-refractivity contribution in [3.63, 3.8) is 0 Å². The Labute approximate surface area is 138 Å². The number of rotatable bonds is 11. The lowest BCUT2D eigenvalue weighted by Crippen LogP contribution is -2.35. The van der Waals surface area contributed by atoms with Crippen LogP contribution in [0.5, 0.6) is 0 Å². The molecule has 136 valence electrons. The van der Waals surface area contributed by atoms with Gasteiger partial charge >= 0.3 is 0 Å². The van der Waals surface area contributed by atoms with Crippen molar-refractivity contribution >= 4 is 10.4 Å². The van der Waals surface area contributed by atoms with Crippen LogP contribution >= 0.6 is 0 Å². The Balaban J connectivity index is 0. The highest BCUT2D eigenvalue weighted by Gasteiger charge is 2.04. The van der Waals surface area contributed by atoms with E-state index in [-0.39, 0.29) is 0 Å². The van der Waals surface area contributed by atoms with Crippen molar-refractivity contribution < 1.29 is 21.6 Å². The Hall–Kier alpha value is -0.170. The zero-order valence-corrected chi connectivity index (χ0v) is 16.2. The summed E-state index contributed by atoms with van der Waals surface area (Å²) in [6.45, 7) is 6.54. The third-order valence-corrected chi connectivity index (χ3v) is 3.61. The van der Waals surface area contributed by atoms with E-state index in [1.807, 2.05) is 0 Å². The predicted octanol–water partition coefficient (Wildman–Crippen LogP) is 3.70. The van der Waals surface area contributed by atoms with Crippen molar-refractivity contribution in [2.45, 2.75) is 78.2 Å². The Kier molecular flexibility index (Phi) is 14.5. The van der Waals surface area contributed by atoms with Crippen LogP contribution in [0.1, 0.15) is 72.1 Å². The second-order valence-corrected chi connectivity index (χ2v) is 8.05. The molecule has 6 heteroatoms. The average Bonchev–Trinajstić information content (AvgIpc) is 2.28. The summed E-state index contributed by atoms with van der Waals surface area (Å²) in [6.07, 6.45) is 10.9. The maximum atomic E-state index is 9.66. The van der Waals surface area contributed by atoms with Crippen molar-refractivity contribution in [1.82, 2.24) is 0 Å². The number of quaternary nitrogens is 1. The molecular formula is C16H37NO4S. The maximum absolute atomic E-state index is 9.66. The van der Waals surface area contributed by atoms with Crippen LogP contribution in [0.15, 0.2) is 0 Å². The van der Waals surface area contributed by atoms with Crippen LogP contribution in [0, 0.1) is 0 Å². The first-order chi connectivity index (χ1) is 9.98. The summed E-state index contributed by atoms with van der Waals surface area (Å²) in [5.74, 6) is 0. The molecule has 0 fully saturated rings. The van der Waals surface area contributed by atoms with E-state index in [2.05, 4.69) is 32.2 Å². The van der Waals surface area contributed by atoms with Crippen molar-refractivity contribution in [2.24, 2.45) is 0 Å². The van der Waals surface area contributed by atoms with Gasteiger partial charge in [-0.1, -0.05) is 45.4 Å². The molecule has 0 atom stereocenters. The maximum Gasteiger partial charge on any atom is 0.217 e. The largest absolute Gasteiger partial charge is 0.726 e. The zero-order chi connectivity index (χ0) is 17.6. The van der Waals surface area contributed by atoms with Gasteiger partial charge in [0.05, 0.1) is 33.8 Å². The van der Waals surface area contributed by atoms with E-state index in [1.54, 1.807) is 0 Å². The van der Waals surface area contributed by atoms with Crippen LogP contribution in [0.4, 0.5) is 0 Å². The molecule has 0 saturated heterocycles. The predicted molar refractivity (Wildman–Crippen MR) is 91.4 cm³/mol. The topological polar surface area (TPSA) is 66.4 Å². The summed E-state index contributed by atoms with van der Waals surface area (Å²) in [6, 6.07) is 0. The van der Waals surface area contributed by atoms with Crippen LogP contribution in [0.2, 0.25) is 0 Å². The lowest BCUT2D eigenvalue weighted by atomic mass is 10.1. The Morgan fingerprint density at radius 3 is 1.59 bits per heavy atom. The zero-order valence-electron chi connectivity index (χ0n) is 15.4. The molecule has 0 aliphatic carbocycles. The highest BCUT2D eigenvalue weighted by Crippen LogP contribution is 2.09. The Morgan fingerprint density at radius 1 is 0.909 bits per heavy atom. The van der Waals surface area contributed by atoms with Gasteiger partial charge in [-0.05, 0) is 26.7 Å². The summed E-state index contributed by atoms with van der Waals surface area (Å²) in [7, 11) is 2.36. The molecule has 0 amide bonds. The lowest BCUT2D eigenvalue weighted by Gasteiger charge is -2.23. The fourth-order valence-electron chi connectivity index (χ4n) is 1.96. The molecule has 0 unspecified atom stereocenters. The highest BCUT2D eigenvalue weighted by molar-refractivity contribution is 7.80. The molecule has 22 heavy (non-hydrogen) atoms. The van der Waals surface area contributed by atoms with Gasteiger partial charge in [-0.3, -0.25) is 4.18 Å². The summed E-state index contributed by atoms with van der Waals surface area (Å²) in [5.41, 5.74) is 0. The second kappa shape index (κ2) is 13.3. The fourth-order valence-corrected chi connectivity index (χ4v) is 2.43.